The van der Waals surface area contributed by atoms with Crippen LogP contribution in [0.5, 0.6) is 0 Å². The molecule has 3 atom stereocenters. The molecule has 0 aliphatic carbocycles. The van der Waals surface area contributed by atoms with Crippen LogP contribution in [-0.4, -0.2) is 41.7 Å². The zero-order valence-electron chi connectivity index (χ0n) is 6.72. The molecule has 0 aromatic heterocycles. The molecule has 1 radical (unpaired) electrons. The summed E-state index contributed by atoms with van der Waals surface area (Å²) in [6, 6.07) is 0. The SMILES string of the molecule is C=CCO[C@H]1[CH]O[C@H](CO)[C@H]1O. The summed E-state index contributed by atoms with van der Waals surface area (Å²) >= 11 is 0. The van der Waals surface area contributed by atoms with Crippen LogP contribution in [0.2, 0.25) is 0 Å². The molecule has 0 amide bonds. The second-order valence-electron chi connectivity index (χ2n) is 2.57. The summed E-state index contributed by atoms with van der Waals surface area (Å²) in [5, 5.41) is 18.1. The lowest BCUT2D eigenvalue weighted by molar-refractivity contribution is -0.0210. The van der Waals surface area contributed by atoms with Gasteiger partial charge in [-0.3, -0.25) is 0 Å². The molecule has 0 saturated carbocycles. The maximum Gasteiger partial charge on any atom is 0.116 e. The third-order valence-corrected chi connectivity index (χ3v) is 1.69. The molecule has 0 spiro atoms. The van der Waals surface area contributed by atoms with Gasteiger partial charge >= 0.3 is 0 Å². The Morgan fingerprint density at radius 2 is 2.42 bits per heavy atom. The van der Waals surface area contributed by atoms with Gasteiger partial charge in [-0.2, -0.15) is 0 Å². The van der Waals surface area contributed by atoms with Gasteiger partial charge in [-0.1, -0.05) is 6.08 Å². The molecule has 1 aliphatic heterocycles. The lowest BCUT2D eigenvalue weighted by atomic mass is 10.1. The van der Waals surface area contributed by atoms with E-state index in [0.29, 0.717) is 6.61 Å². The molecule has 0 bridgehead atoms. The predicted octanol–water partition coefficient (Wildman–Crippen LogP) is -0.529. The summed E-state index contributed by atoms with van der Waals surface area (Å²) in [6.45, 7) is 5.03. The van der Waals surface area contributed by atoms with Crippen LogP contribution in [0, 0.1) is 6.61 Å². The van der Waals surface area contributed by atoms with Crippen LogP contribution in [0.4, 0.5) is 0 Å². The van der Waals surface area contributed by atoms with E-state index >= 15 is 0 Å². The van der Waals surface area contributed by atoms with Crippen LogP contribution in [0.25, 0.3) is 0 Å². The van der Waals surface area contributed by atoms with Gasteiger partial charge in [0.1, 0.15) is 24.9 Å². The van der Waals surface area contributed by atoms with Crippen molar-refractivity contribution in [2.24, 2.45) is 0 Å². The highest BCUT2D eigenvalue weighted by atomic mass is 16.6. The highest BCUT2D eigenvalue weighted by molar-refractivity contribution is 4.91. The van der Waals surface area contributed by atoms with Gasteiger partial charge in [0.15, 0.2) is 0 Å². The number of rotatable bonds is 4. The Balaban J connectivity index is 2.32. The molecule has 1 aliphatic rings. The molecule has 0 unspecified atom stereocenters. The number of aliphatic hydroxyl groups is 2. The fourth-order valence-electron chi connectivity index (χ4n) is 1.02. The first-order valence-corrected chi connectivity index (χ1v) is 3.79. The lowest BCUT2D eigenvalue weighted by Crippen LogP contribution is -2.33. The van der Waals surface area contributed by atoms with Gasteiger partial charge in [-0.05, 0) is 0 Å². The van der Waals surface area contributed by atoms with Crippen molar-refractivity contribution < 1.29 is 19.7 Å². The van der Waals surface area contributed by atoms with Crippen molar-refractivity contribution in [2.75, 3.05) is 13.2 Å². The Hall–Kier alpha value is -0.420. The molecular weight excluding hydrogens is 160 g/mol. The zero-order chi connectivity index (χ0) is 8.97. The van der Waals surface area contributed by atoms with Gasteiger partial charge in [0, 0.05) is 0 Å². The summed E-state index contributed by atoms with van der Waals surface area (Å²) in [7, 11) is 0. The number of aliphatic hydroxyl groups excluding tert-OH is 2. The average Bonchev–Trinajstić information content (AvgIpc) is 2.43. The Kier molecular flexibility index (Phi) is 3.68. The molecule has 69 valence electrons. The molecule has 1 saturated heterocycles. The quantitative estimate of drug-likeness (QED) is 0.561. The molecule has 4 heteroatoms. The van der Waals surface area contributed by atoms with Gasteiger partial charge in [-0.15, -0.1) is 6.58 Å². The van der Waals surface area contributed by atoms with Crippen LogP contribution >= 0.6 is 0 Å². The van der Waals surface area contributed by atoms with Gasteiger partial charge in [0.05, 0.1) is 13.2 Å². The average molecular weight is 173 g/mol. The third-order valence-electron chi connectivity index (χ3n) is 1.69. The van der Waals surface area contributed by atoms with Crippen molar-refractivity contribution in [2.45, 2.75) is 18.3 Å². The zero-order valence-corrected chi connectivity index (χ0v) is 6.72. The summed E-state index contributed by atoms with van der Waals surface area (Å²) < 4.78 is 10.1. The summed E-state index contributed by atoms with van der Waals surface area (Å²) in [4.78, 5) is 0. The fraction of sp³-hybridized carbons (Fsp3) is 0.625. The molecule has 1 heterocycles. The van der Waals surface area contributed by atoms with Crippen molar-refractivity contribution >= 4 is 0 Å². The number of hydrogen-bond acceptors (Lipinski definition) is 4. The maximum atomic E-state index is 9.40. The molecular formula is C8H13O4. The first-order chi connectivity index (χ1) is 5.79. The first-order valence-electron chi connectivity index (χ1n) is 3.79. The minimum absolute atomic E-state index is 0.203. The normalized spacial score (nSPS) is 35.3. The van der Waals surface area contributed by atoms with E-state index in [0.717, 1.165) is 0 Å². The van der Waals surface area contributed by atoms with E-state index in [1.165, 1.54) is 6.61 Å². The van der Waals surface area contributed by atoms with Gasteiger partial charge in [0.25, 0.3) is 0 Å². The van der Waals surface area contributed by atoms with Crippen LogP contribution in [0.15, 0.2) is 12.7 Å². The van der Waals surface area contributed by atoms with Crippen molar-refractivity contribution in [3.63, 3.8) is 0 Å². The smallest absolute Gasteiger partial charge is 0.116 e. The molecule has 4 nitrogen and oxygen atoms in total. The molecule has 1 rings (SSSR count). The lowest BCUT2D eigenvalue weighted by Gasteiger charge is -2.14. The molecule has 12 heavy (non-hydrogen) atoms. The Labute approximate surface area is 71.4 Å². The van der Waals surface area contributed by atoms with Crippen molar-refractivity contribution in [3.8, 4) is 0 Å². The largest absolute Gasteiger partial charge is 0.394 e. The van der Waals surface area contributed by atoms with Crippen molar-refractivity contribution in [1.82, 2.24) is 0 Å². The van der Waals surface area contributed by atoms with E-state index in [1.54, 1.807) is 6.08 Å². The van der Waals surface area contributed by atoms with E-state index in [-0.39, 0.29) is 6.61 Å². The number of ether oxygens (including phenoxy) is 2. The minimum atomic E-state index is -0.782. The second kappa shape index (κ2) is 4.57. The van der Waals surface area contributed by atoms with E-state index in [1.807, 2.05) is 0 Å². The number of hydrogen-bond donors (Lipinski definition) is 2. The molecule has 0 aromatic rings. The standard InChI is InChI=1S/C8H13O4/c1-2-3-11-7-5-12-6(4-9)8(7)10/h2,5-10H,1,3-4H2/t6-,7+,8-/m1/s1. The summed E-state index contributed by atoms with van der Waals surface area (Å²) in [5.41, 5.74) is 0. The third kappa shape index (κ3) is 2.04. The Bertz CT molecular complexity index is 148. The summed E-state index contributed by atoms with van der Waals surface area (Å²) in [5.74, 6) is 0. The second-order valence-corrected chi connectivity index (χ2v) is 2.57. The monoisotopic (exact) mass is 173 g/mol. The van der Waals surface area contributed by atoms with Crippen LogP contribution in [0.1, 0.15) is 0 Å². The van der Waals surface area contributed by atoms with E-state index in [9.17, 15) is 5.11 Å². The van der Waals surface area contributed by atoms with Gasteiger partial charge in [-0.25, -0.2) is 0 Å². The Morgan fingerprint density at radius 3 is 2.92 bits per heavy atom. The summed E-state index contributed by atoms with van der Waals surface area (Å²) in [6.07, 6.45) is -0.206. The minimum Gasteiger partial charge on any atom is -0.394 e. The predicted molar refractivity (Wildman–Crippen MR) is 42.2 cm³/mol. The fourth-order valence-corrected chi connectivity index (χ4v) is 1.02. The van der Waals surface area contributed by atoms with Crippen molar-refractivity contribution in [1.29, 1.82) is 0 Å². The van der Waals surface area contributed by atoms with E-state index in [4.69, 9.17) is 14.6 Å². The van der Waals surface area contributed by atoms with E-state index < -0.39 is 18.3 Å². The van der Waals surface area contributed by atoms with Crippen LogP contribution < -0.4 is 0 Å². The van der Waals surface area contributed by atoms with Crippen LogP contribution in [0.3, 0.4) is 0 Å². The van der Waals surface area contributed by atoms with E-state index in [2.05, 4.69) is 6.58 Å². The topological polar surface area (TPSA) is 58.9 Å². The molecule has 1 fully saturated rings. The highest BCUT2D eigenvalue weighted by Gasteiger charge is 2.36. The molecule has 2 N–H and O–H groups in total. The maximum absolute atomic E-state index is 9.40. The molecule has 0 aromatic carbocycles. The highest BCUT2D eigenvalue weighted by Crippen LogP contribution is 2.20. The first kappa shape index (κ1) is 9.67. The van der Waals surface area contributed by atoms with Crippen LogP contribution in [-0.2, 0) is 9.47 Å². The van der Waals surface area contributed by atoms with Gasteiger partial charge in [0.2, 0.25) is 0 Å². The Morgan fingerprint density at radius 1 is 1.67 bits per heavy atom. The van der Waals surface area contributed by atoms with Crippen molar-refractivity contribution in [3.05, 3.63) is 19.3 Å². The van der Waals surface area contributed by atoms with Gasteiger partial charge < -0.3 is 19.7 Å².